The Labute approximate surface area is 164 Å². The molecule has 1 aliphatic heterocycles. The summed E-state index contributed by atoms with van der Waals surface area (Å²) in [5.74, 6) is -0.989. The Morgan fingerprint density at radius 2 is 1.96 bits per heavy atom. The largest absolute Gasteiger partial charge is 0.450 e. The van der Waals surface area contributed by atoms with Gasteiger partial charge in [-0.25, -0.2) is 13.6 Å². The number of nitrogens with zero attached hydrogens (tertiary/aromatic N) is 3. The summed E-state index contributed by atoms with van der Waals surface area (Å²) in [4.78, 5) is 19.4. The predicted octanol–water partition coefficient (Wildman–Crippen LogP) is 2.09. The van der Waals surface area contributed by atoms with Gasteiger partial charge in [0.05, 0.1) is 19.2 Å². The quantitative estimate of drug-likeness (QED) is 0.567. The summed E-state index contributed by atoms with van der Waals surface area (Å²) in [5.41, 5.74) is 5.96. The van der Waals surface area contributed by atoms with E-state index in [1.54, 1.807) is 30.8 Å². The summed E-state index contributed by atoms with van der Waals surface area (Å²) in [6.45, 7) is 3.39. The number of piperidine rings is 1. The normalized spacial score (nSPS) is 16.9. The Kier molecular flexibility index (Phi) is 7.98. The van der Waals surface area contributed by atoms with Crippen LogP contribution in [0, 0.1) is 11.6 Å². The number of hydrogen-bond acceptors (Lipinski definition) is 4. The molecule has 1 aromatic carbocycles. The molecule has 0 spiro atoms. The third kappa shape index (κ3) is 5.79. The van der Waals surface area contributed by atoms with Crippen LogP contribution in [0.2, 0.25) is 0 Å². The summed E-state index contributed by atoms with van der Waals surface area (Å²) in [7, 11) is 3.47. The van der Waals surface area contributed by atoms with Crippen LogP contribution >= 0.6 is 0 Å². The first kappa shape index (κ1) is 21.9. The Balaban J connectivity index is 1.93. The molecule has 0 radical (unpaired) electrons. The van der Waals surface area contributed by atoms with Crippen molar-refractivity contribution >= 4 is 12.1 Å². The SMILES string of the molecule is CCOC(=O)N1CCC(NC(N)=NCC(c2c(F)cccc2F)N(C)C)CC1. The fraction of sp³-hybridized carbons (Fsp3) is 0.579. The van der Waals surface area contributed by atoms with Gasteiger partial charge in [0, 0.05) is 24.7 Å². The van der Waals surface area contributed by atoms with Gasteiger partial charge >= 0.3 is 6.09 Å². The Hall–Kier alpha value is -2.42. The number of ether oxygens (including phenoxy) is 1. The van der Waals surface area contributed by atoms with E-state index in [1.165, 1.54) is 18.2 Å². The molecule has 2 rings (SSSR count). The zero-order valence-electron chi connectivity index (χ0n) is 16.6. The van der Waals surface area contributed by atoms with Gasteiger partial charge in [-0.1, -0.05) is 6.07 Å². The van der Waals surface area contributed by atoms with Crippen molar-refractivity contribution in [3.05, 3.63) is 35.4 Å². The van der Waals surface area contributed by atoms with E-state index in [0.717, 1.165) is 0 Å². The minimum atomic E-state index is -0.605. The van der Waals surface area contributed by atoms with E-state index in [4.69, 9.17) is 10.5 Å². The van der Waals surface area contributed by atoms with Gasteiger partial charge in [0.15, 0.2) is 5.96 Å². The lowest BCUT2D eigenvalue weighted by atomic mass is 10.0. The number of guanidine groups is 1. The van der Waals surface area contributed by atoms with Crippen molar-refractivity contribution in [1.82, 2.24) is 15.1 Å². The topological polar surface area (TPSA) is 83.2 Å². The highest BCUT2D eigenvalue weighted by atomic mass is 19.1. The Morgan fingerprint density at radius 3 is 2.50 bits per heavy atom. The first-order chi connectivity index (χ1) is 13.3. The van der Waals surface area contributed by atoms with Gasteiger partial charge in [0.1, 0.15) is 11.6 Å². The highest BCUT2D eigenvalue weighted by molar-refractivity contribution is 5.78. The molecule has 1 aromatic rings. The monoisotopic (exact) mass is 397 g/mol. The maximum atomic E-state index is 14.1. The molecule has 156 valence electrons. The van der Waals surface area contributed by atoms with Crippen molar-refractivity contribution in [2.24, 2.45) is 10.7 Å². The van der Waals surface area contributed by atoms with Gasteiger partial charge in [-0.15, -0.1) is 0 Å². The van der Waals surface area contributed by atoms with Crippen molar-refractivity contribution in [2.45, 2.75) is 31.8 Å². The highest BCUT2D eigenvalue weighted by Crippen LogP contribution is 2.24. The van der Waals surface area contributed by atoms with Crippen LogP contribution in [-0.4, -0.2) is 68.2 Å². The van der Waals surface area contributed by atoms with Gasteiger partial charge < -0.3 is 25.6 Å². The zero-order valence-corrected chi connectivity index (χ0v) is 16.6. The van der Waals surface area contributed by atoms with Gasteiger partial charge in [-0.05, 0) is 46.0 Å². The first-order valence-electron chi connectivity index (χ1n) is 9.42. The molecule has 0 saturated carbocycles. The molecule has 3 N–H and O–H groups in total. The molecule has 1 fully saturated rings. The van der Waals surface area contributed by atoms with Crippen LogP contribution in [0.4, 0.5) is 13.6 Å². The third-order valence-corrected chi connectivity index (χ3v) is 4.76. The minimum Gasteiger partial charge on any atom is -0.450 e. The van der Waals surface area contributed by atoms with Gasteiger partial charge in [0.25, 0.3) is 0 Å². The Bertz CT molecular complexity index is 671. The van der Waals surface area contributed by atoms with Gasteiger partial charge in [-0.3, -0.25) is 4.99 Å². The first-order valence-corrected chi connectivity index (χ1v) is 9.42. The molecule has 1 heterocycles. The molecular formula is C19H29F2N5O2. The highest BCUT2D eigenvalue weighted by Gasteiger charge is 2.25. The number of aliphatic imine (C=N–C) groups is 1. The fourth-order valence-electron chi connectivity index (χ4n) is 3.20. The van der Waals surface area contributed by atoms with Crippen LogP contribution in [0.5, 0.6) is 0 Å². The molecule has 0 aliphatic carbocycles. The zero-order chi connectivity index (χ0) is 20.7. The average molecular weight is 397 g/mol. The maximum Gasteiger partial charge on any atom is 0.409 e. The van der Waals surface area contributed by atoms with Crippen molar-refractivity contribution < 1.29 is 18.3 Å². The van der Waals surface area contributed by atoms with Gasteiger partial charge in [0.2, 0.25) is 0 Å². The number of likely N-dealkylation sites (tertiary alicyclic amines) is 1. The standard InChI is InChI=1S/C19H29F2N5O2/c1-4-28-19(27)26-10-8-13(9-11-26)24-18(22)23-12-16(25(2)3)17-14(20)6-5-7-15(17)21/h5-7,13,16H,4,8-12H2,1-3H3,(H3,22,23,24). The maximum absolute atomic E-state index is 14.1. The van der Waals surface area contributed by atoms with Crippen LogP contribution in [0.15, 0.2) is 23.2 Å². The molecule has 1 unspecified atom stereocenters. The van der Waals surface area contributed by atoms with Crippen LogP contribution in [0.1, 0.15) is 31.4 Å². The number of carbonyl (C=O) groups excluding carboxylic acids is 1. The Morgan fingerprint density at radius 1 is 1.36 bits per heavy atom. The summed E-state index contributed by atoms with van der Waals surface area (Å²) in [5, 5.41) is 3.13. The van der Waals surface area contributed by atoms with E-state index in [-0.39, 0.29) is 30.2 Å². The molecule has 28 heavy (non-hydrogen) atoms. The lowest BCUT2D eigenvalue weighted by Gasteiger charge is -2.32. The summed E-state index contributed by atoms with van der Waals surface area (Å²) < 4.78 is 33.2. The van der Waals surface area contributed by atoms with Crippen molar-refractivity contribution in [1.29, 1.82) is 0 Å². The molecule has 1 atom stereocenters. The number of likely N-dealkylation sites (N-methyl/N-ethyl adjacent to an activating group) is 1. The molecule has 7 nitrogen and oxygen atoms in total. The second-order valence-electron chi connectivity index (χ2n) is 6.95. The molecule has 0 bridgehead atoms. The second kappa shape index (κ2) is 10.2. The minimum absolute atomic E-state index is 0.0215. The molecule has 9 heteroatoms. The molecule has 1 amide bonds. The predicted molar refractivity (Wildman–Crippen MR) is 104 cm³/mol. The molecular weight excluding hydrogens is 368 g/mol. The van der Waals surface area contributed by atoms with E-state index < -0.39 is 17.7 Å². The number of hydrogen-bond donors (Lipinski definition) is 2. The lowest BCUT2D eigenvalue weighted by molar-refractivity contribution is 0.0963. The number of nitrogens with one attached hydrogen (secondary N) is 1. The van der Waals surface area contributed by atoms with E-state index in [1.807, 2.05) is 0 Å². The number of nitrogens with two attached hydrogens (primary N) is 1. The second-order valence-corrected chi connectivity index (χ2v) is 6.95. The average Bonchev–Trinajstić information content (AvgIpc) is 2.64. The summed E-state index contributed by atoms with van der Waals surface area (Å²) in [6, 6.07) is 3.31. The van der Waals surface area contributed by atoms with E-state index in [9.17, 15) is 13.6 Å². The fourth-order valence-corrected chi connectivity index (χ4v) is 3.20. The molecule has 0 aromatic heterocycles. The third-order valence-electron chi connectivity index (χ3n) is 4.76. The van der Waals surface area contributed by atoms with Crippen LogP contribution in [-0.2, 0) is 4.74 Å². The van der Waals surface area contributed by atoms with Crippen LogP contribution < -0.4 is 11.1 Å². The molecule has 1 saturated heterocycles. The van der Waals surface area contributed by atoms with Crippen molar-refractivity contribution in [3.63, 3.8) is 0 Å². The van der Waals surface area contributed by atoms with E-state index in [2.05, 4.69) is 10.3 Å². The number of amides is 1. The van der Waals surface area contributed by atoms with Gasteiger partial charge in [-0.2, -0.15) is 0 Å². The number of benzene rings is 1. The number of carbonyl (C=O) groups is 1. The van der Waals surface area contributed by atoms with Crippen LogP contribution in [0.3, 0.4) is 0 Å². The smallest absolute Gasteiger partial charge is 0.409 e. The summed E-state index contributed by atoms with van der Waals surface area (Å²) in [6.07, 6.45) is 1.13. The van der Waals surface area contributed by atoms with Crippen molar-refractivity contribution in [2.75, 3.05) is 40.3 Å². The van der Waals surface area contributed by atoms with Crippen LogP contribution in [0.25, 0.3) is 0 Å². The number of rotatable bonds is 6. The van der Waals surface area contributed by atoms with E-state index >= 15 is 0 Å². The van der Waals surface area contributed by atoms with Crippen molar-refractivity contribution in [3.8, 4) is 0 Å². The molecule has 1 aliphatic rings. The number of halogens is 2. The summed E-state index contributed by atoms with van der Waals surface area (Å²) >= 11 is 0. The van der Waals surface area contributed by atoms with E-state index in [0.29, 0.717) is 32.5 Å². The lowest BCUT2D eigenvalue weighted by Crippen LogP contribution is -2.48.